The van der Waals surface area contributed by atoms with Gasteiger partial charge in [-0.3, -0.25) is 4.79 Å². The van der Waals surface area contributed by atoms with Gasteiger partial charge in [-0.05, 0) is 13.3 Å². The van der Waals surface area contributed by atoms with E-state index in [1.807, 2.05) is 6.92 Å². The third-order valence-electron chi connectivity index (χ3n) is 2.36. The van der Waals surface area contributed by atoms with E-state index in [1.54, 1.807) is 7.11 Å². The van der Waals surface area contributed by atoms with Gasteiger partial charge in [-0.1, -0.05) is 0 Å². The Balaban J connectivity index is 2.21. The summed E-state index contributed by atoms with van der Waals surface area (Å²) >= 11 is 0. The van der Waals surface area contributed by atoms with E-state index < -0.39 is 0 Å². The van der Waals surface area contributed by atoms with Crippen molar-refractivity contribution in [2.24, 2.45) is 0 Å². The van der Waals surface area contributed by atoms with Crippen LogP contribution < -0.4 is 10.6 Å². The largest absolute Gasteiger partial charge is 0.385 e. The molecule has 5 heteroatoms. The van der Waals surface area contributed by atoms with Crippen molar-refractivity contribution in [1.29, 1.82) is 0 Å². The summed E-state index contributed by atoms with van der Waals surface area (Å²) in [5.41, 5.74) is 0. The second-order valence-electron chi connectivity index (χ2n) is 3.75. The van der Waals surface area contributed by atoms with Crippen molar-refractivity contribution in [2.45, 2.75) is 25.5 Å². The van der Waals surface area contributed by atoms with Crippen molar-refractivity contribution in [3.8, 4) is 0 Å². The summed E-state index contributed by atoms with van der Waals surface area (Å²) in [5, 5.41) is 6.02. The van der Waals surface area contributed by atoms with Crippen molar-refractivity contribution < 1.29 is 14.3 Å². The predicted molar refractivity (Wildman–Crippen MR) is 56.7 cm³/mol. The smallest absolute Gasteiger partial charge is 0.250 e. The Morgan fingerprint density at radius 1 is 1.73 bits per heavy atom. The molecule has 0 aliphatic carbocycles. The van der Waals surface area contributed by atoms with E-state index >= 15 is 0 Å². The molecule has 1 aliphatic rings. The summed E-state index contributed by atoms with van der Waals surface area (Å²) in [6.07, 6.45) is 0.478. The van der Waals surface area contributed by atoms with Crippen molar-refractivity contribution in [2.75, 3.05) is 33.4 Å². The van der Waals surface area contributed by atoms with Crippen molar-refractivity contribution >= 4 is 5.91 Å². The number of rotatable bonds is 5. The highest BCUT2D eigenvalue weighted by Gasteiger charge is 2.22. The van der Waals surface area contributed by atoms with E-state index in [9.17, 15) is 4.79 Å². The molecule has 1 heterocycles. The molecule has 2 N–H and O–H groups in total. The number of carbonyl (C=O) groups excluding carboxylic acids is 1. The van der Waals surface area contributed by atoms with Gasteiger partial charge in [-0.15, -0.1) is 0 Å². The van der Waals surface area contributed by atoms with Crippen LogP contribution in [0, 0.1) is 0 Å². The molecule has 15 heavy (non-hydrogen) atoms. The maximum atomic E-state index is 11.7. The molecule has 2 unspecified atom stereocenters. The van der Waals surface area contributed by atoms with Gasteiger partial charge in [0, 0.05) is 32.8 Å². The summed E-state index contributed by atoms with van der Waals surface area (Å²) in [7, 11) is 1.66. The molecule has 0 aromatic carbocycles. The van der Waals surface area contributed by atoms with Crippen LogP contribution in [0.5, 0.6) is 0 Å². The van der Waals surface area contributed by atoms with Crippen LogP contribution in [0.15, 0.2) is 0 Å². The summed E-state index contributed by atoms with van der Waals surface area (Å²) < 4.78 is 10.3. The molecule has 0 saturated carbocycles. The number of hydrogen-bond acceptors (Lipinski definition) is 4. The SMILES string of the molecule is COCCC(C)NC(=O)C1CNCCO1. The van der Waals surface area contributed by atoms with Crippen LogP contribution in [0.3, 0.4) is 0 Å². The number of methoxy groups -OCH3 is 1. The van der Waals surface area contributed by atoms with E-state index in [0.717, 1.165) is 13.0 Å². The monoisotopic (exact) mass is 216 g/mol. The van der Waals surface area contributed by atoms with Gasteiger partial charge >= 0.3 is 0 Å². The van der Waals surface area contributed by atoms with Crippen molar-refractivity contribution in [3.05, 3.63) is 0 Å². The maximum absolute atomic E-state index is 11.7. The standard InChI is InChI=1S/C10H20N2O3/c1-8(3-5-14-2)12-10(13)9-7-11-4-6-15-9/h8-9,11H,3-7H2,1-2H3,(H,12,13). The fourth-order valence-corrected chi connectivity index (χ4v) is 1.44. The minimum absolute atomic E-state index is 0.0363. The first-order valence-electron chi connectivity index (χ1n) is 5.35. The lowest BCUT2D eigenvalue weighted by atomic mass is 10.2. The Morgan fingerprint density at radius 3 is 3.13 bits per heavy atom. The summed E-state index contributed by atoms with van der Waals surface area (Å²) in [5.74, 6) is -0.0363. The predicted octanol–water partition coefficient (Wildman–Crippen LogP) is -0.484. The average Bonchev–Trinajstić information content (AvgIpc) is 2.27. The highest BCUT2D eigenvalue weighted by atomic mass is 16.5. The molecule has 1 aliphatic heterocycles. The molecule has 0 aromatic heterocycles. The molecule has 0 radical (unpaired) electrons. The van der Waals surface area contributed by atoms with Crippen LogP contribution >= 0.6 is 0 Å². The van der Waals surface area contributed by atoms with Crippen molar-refractivity contribution in [3.63, 3.8) is 0 Å². The molecule has 0 bridgehead atoms. The molecule has 1 rings (SSSR count). The molecular formula is C10H20N2O3. The molecule has 5 nitrogen and oxygen atoms in total. The van der Waals surface area contributed by atoms with Gasteiger partial charge in [0.25, 0.3) is 5.91 Å². The summed E-state index contributed by atoms with van der Waals surface area (Å²) in [4.78, 5) is 11.7. The topological polar surface area (TPSA) is 59.6 Å². The fraction of sp³-hybridized carbons (Fsp3) is 0.900. The number of carbonyl (C=O) groups is 1. The number of hydrogen-bond donors (Lipinski definition) is 2. The van der Waals surface area contributed by atoms with Crippen LogP contribution in [0.25, 0.3) is 0 Å². The number of ether oxygens (including phenoxy) is 2. The fourth-order valence-electron chi connectivity index (χ4n) is 1.44. The van der Waals surface area contributed by atoms with E-state index in [0.29, 0.717) is 19.8 Å². The molecule has 88 valence electrons. The van der Waals surface area contributed by atoms with Gasteiger partial charge in [0.05, 0.1) is 6.61 Å². The van der Waals surface area contributed by atoms with E-state index in [2.05, 4.69) is 10.6 Å². The number of nitrogens with one attached hydrogen (secondary N) is 2. The first-order valence-corrected chi connectivity index (χ1v) is 5.35. The van der Waals surface area contributed by atoms with Crippen molar-refractivity contribution in [1.82, 2.24) is 10.6 Å². The highest BCUT2D eigenvalue weighted by Crippen LogP contribution is 1.98. The van der Waals surface area contributed by atoms with Gasteiger partial charge in [-0.25, -0.2) is 0 Å². The lowest BCUT2D eigenvalue weighted by Gasteiger charge is -2.24. The normalized spacial score (nSPS) is 23.5. The first-order chi connectivity index (χ1) is 7.24. The molecule has 1 amide bonds. The van der Waals surface area contributed by atoms with E-state index in [1.165, 1.54) is 0 Å². The van der Waals surface area contributed by atoms with E-state index in [4.69, 9.17) is 9.47 Å². The Bertz CT molecular complexity index is 193. The van der Waals surface area contributed by atoms with Gasteiger partial charge in [-0.2, -0.15) is 0 Å². The lowest BCUT2D eigenvalue weighted by Crippen LogP contribution is -2.49. The molecule has 1 fully saturated rings. The third kappa shape index (κ3) is 4.59. The van der Waals surface area contributed by atoms with Crippen LogP contribution in [0.4, 0.5) is 0 Å². The summed E-state index contributed by atoms with van der Waals surface area (Å²) in [6, 6.07) is 0.128. The molecule has 2 atom stereocenters. The molecular weight excluding hydrogens is 196 g/mol. The lowest BCUT2D eigenvalue weighted by molar-refractivity contribution is -0.134. The summed E-state index contributed by atoms with van der Waals surface area (Å²) in [6.45, 7) is 4.65. The zero-order valence-corrected chi connectivity index (χ0v) is 9.41. The van der Waals surface area contributed by atoms with Gasteiger partial charge < -0.3 is 20.1 Å². The van der Waals surface area contributed by atoms with Gasteiger partial charge in [0.1, 0.15) is 6.10 Å². The van der Waals surface area contributed by atoms with Crippen LogP contribution in [0.2, 0.25) is 0 Å². The van der Waals surface area contributed by atoms with Crippen LogP contribution in [-0.4, -0.2) is 51.5 Å². The Morgan fingerprint density at radius 2 is 2.53 bits per heavy atom. The number of amides is 1. The Hall–Kier alpha value is -0.650. The number of morpholine rings is 1. The first kappa shape index (κ1) is 12.4. The zero-order valence-electron chi connectivity index (χ0n) is 9.41. The van der Waals surface area contributed by atoms with Crippen LogP contribution in [-0.2, 0) is 14.3 Å². The third-order valence-corrected chi connectivity index (χ3v) is 2.36. The minimum Gasteiger partial charge on any atom is -0.385 e. The molecule has 0 spiro atoms. The maximum Gasteiger partial charge on any atom is 0.250 e. The second kappa shape index (κ2) is 6.76. The zero-order chi connectivity index (χ0) is 11.1. The second-order valence-corrected chi connectivity index (χ2v) is 3.75. The molecule has 0 aromatic rings. The van der Waals surface area contributed by atoms with Gasteiger partial charge in [0.15, 0.2) is 0 Å². The Labute approximate surface area is 90.5 Å². The average molecular weight is 216 g/mol. The quantitative estimate of drug-likeness (QED) is 0.651. The van der Waals surface area contributed by atoms with Gasteiger partial charge in [0.2, 0.25) is 0 Å². The minimum atomic E-state index is -0.344. The van der Waals surface area contributed by atoms with E-state index in [-0.39, 0.29) is 18.1 Å². The molecule has 1 saturated heterocycles. The Kier molecular flexibility index (Phi) is 5.60. The highest BCUT2D eigenvalue weighted by molar-refractivity contribution is 5.81. The van der Waals surface area contributed by atoms with Crippen LogP contribution in [0.1, 0.15) is 13.3 Å².